The highest BCUT2D eigenvalue weighted by atomic mass is 35.5. The van der Waals surface area contributed by atoms with Crippen LogP contribution >= 0.6 is 23.4 Å². The van der Waals surface area contributed by atoms with Gasteiger partial charge in [-0.05, 0) is 67.6 Å². The van der Waals surface area contributed by atoms with Crippen molar-refractivity contribution in [1.82, 2.24) is 10.2 Å². The first-order valence-electron chi connectivity index (χ1n) is 12.2. The second kappa shape index (κ2) is 10.9. The average molecular weight is 547 g/mol. The molecule has 0 unspecified atom stereocenters. The fraction of sp³-hybridized carbons (Fsp3) is 0.207. The normalized spacial score (nSPS) is 16.6. The summed E-state index contributed by atoms with van der Waals surface area (Å²) >= 11 is 7.64. The molecule has 5 rings (SSSR count). The van der Waals surface area contributed by atoms with Crippen molar-refractivity contribution in [1.29, 1.82) is 0 Å². The number of halogens is 1. The third-order valence-corrected chi connectivity index (χ3v) is 7.58. The van der Waals surface area contributed by atoms with Crippen molar-refractivity contribution >= 4 is 46.0 Å². The van der Waals surface area contributed by atoms with Crippen LogP contribution in [0.25, 0.3) is 0 Å². The Hall–Kier alpha value is -3.75. The molecule has 2 aliphatic heterocycles. The van der Waals surface area contributed by atoms with Crippen LogP contribution in [-0.4, -0.2) is 21.9 Å². The predicted octanol–water partition coefficient (Wildman–Crippen LogP) is 6.47. The van der Waals surface area contributed by atoms with Gasteiger partial charge < -0.3 is 20.0 Å². The second-order valence-corrected chi connectivity index (χ2v) is 10.5. The molecule has 2 aliphatic rings. The van der Waals surface area contributed by atoms with E-state index in [-0.39, 0.29) is 18.2 Å². The molecular weight excluding hydrogens is 520 g/mol. The molecule has 1 atom stereocenters. The molecule has 7 nitrogen and oxygen atoms in total. The Balaban J connectivity index is 1.45. The molecule has 2 N–H and O–H groups in total. The maximum atomic E-state index is 13.8. The quantitative estimate of drug-likeness (QED) is 0.354. The van der Waals surface area contributed by atoms with Crippen LogP contribution < -0.4 is 10.6 Å². The van der Waals surface area contributed by atoms with E-state index in [1.807, 2.05) is 67.5 Å². The third kappa shape index (κ3) is 5.42. The number of hydrogen-bond donors (Lipinski definition) is 2. The Morgan fingerprint density at radius 1 is 1.11 bits per heavy atom. The fourth-order valence-electron chi connectivity index (χ4n) is 4.59. The highest BCUT2D eigenvalue weighted by Gasteiger charge is 2.40. The molecule has 1 aromatic heterocycles. The SMILES string of the molecule is CC1=C(C(=O)Nc2ccc(C)cc2C)[C@@H](c2ccc(Cl)cc2)N2C(CC(=O)NCc3ccco3)=CSC2=N1. The van der Waals surface area contributed by atoms with Crippen LogP contribution in [0.5, 0.6) is 0 Å². The number of nitrogens with one attached hydrogen (secondary N) is 2. The van der Waals surface area contributed by atoms with E-state index in [9.17, 15) is 9.59 Å². The predicted molar refractivity (Wildman–Crippen MR) is 152 cm³/mol. The van der Waals surface area contributed by atoms with Crippen molar-refractivity contribution < 1.29 is 14.0 Å². The molecule has 3 heterocycles. The molecule has 0 radical (unpaired) electrons. The van der Waals surface area contributed by atoms with Crippen LogP contribution in [0, 0.1) is 13.8 Å². The van der Waals surface area contributed by atoms with E-state index >= 15 is 0 Å². The molecule has 3 aromatic rings. The number of thioether (sulfide) groups is 1. The lowest BCUT2D eigenvalue weighted by Crippen LogP contribution is -2.38. The third-order valence-electron chi connectivity index (χ3n) is 6.44. The number of rotatable bonds is 7. The minimum Gasteiger partial charge on any atom is -0.467 e. The molecule has 194 valence electrons. The largest absolute Gasteiger partial charge is 0.467 e. The number of furan rings is 1. The number of allylic oxidation sites excluding steroid dienone is 1. The van der Waals surface area contributed by atoms with Gasteiger partial charge in [-0.1, -0.05) is 53.2 Å². The van der Waals surface area contributed by atoms with E-state index in [1.54, 1.807) is 24.5 Å². The lowest BCUT2D eigenvalue weighted by Gasteiger charge is -2.36. The first-order valence-corrected chi connectivity index (χ1v) is 13.4. The number of fused-ring (bicyclic) bond motifs is 1. The summed E-state index contributed by atoms with van der Waals surface area (Å²) in [6.45, 7) is 6.13. The summed E-state index contributed by atoms with van der Waals surface area (Å²) in [6.07, 6.45) is 1.70. The Labute approximate surface area is 230 Å². The summed E-state index contributed by atoms with van der Waals surface area (Å²) < 4.78 is 5.32. The Morgan fingerprint density at radius 2 is 1.89 bits per heavy atom. The van der Waals surface area contributed by atoms with Crippen LogP contribution in [0.15, 0.2) is 92.6 Å². The van der Waals surface area contributed by atoms with Crippen molar-refractivity contribution in [2.24, 2.45) is 4.99 Å². The van der Waals surface area contributed by atoms with E-state index in [4.69, 9.17) is 21.0 Å². The number of hydrogen-bond acceptors (Lipinski definition) is 6. The zero-order valence-electron chi connectivity index (χ0n) is 21.2. The van der Waals surface area contributed by atoms with Gasteiger partial charge in [-0.2, -0.15) is 0 Å². The number of aryl methyl sites for hydroxylation is 2. The average Bonchev–Trinajstić information content (AvgIpc) is 3.54. The standard InChI is InChI=1S/C29H27ClN4O3S/c1-17-6-11-24(18(2)13-17)33-28(36)26-19(3)32-29-34(27(26)20-7-9-21(30)10-8-20)22(16-38-29)14-25(35)31-15-23-5-4-12-37-23/h4-13,16,27H,14-15H2,1-3H3,(H,31,35)(H,33,36)/t27-/m1/s1. The molecule has 38 heavy (non-hydrogen) atoms. The number of carbonyl (C=O) groups excluding carboxylic acids is 2. The highest BCUT2D eigenvalue weighted by molar-refractivity contribution is 8.16. The Bertz CT molecular complexity index is 1480. The molecule has 0 spiro atoms. The molecule has 9 heteroatoms. The smallest absolute Gasteiger partial charge is 0.255 e. The van der Waals surface area contributed by atoms with Crippen LogP contribution in [-0.2, 0) is 16.1 Å². The van der Waals surface area contributed by atoms with Crippen LogP contribution in [0.4, 0.5) is 5.69 Å². The van der Waals surface area contributed by atoms with E-state index in [1.165, 1.54) is 11.8 Å². The summed E-state index contributed by atoms with van der Waals surface area (Å²) in [7, 11) is 0. The minimum atomic E-state index is -0.482. The van der Waals surface area contributed by atoms with Gasteiger partial charge in [-0.25, -0.2) is 4.99 Å². The summed E-state index contributed by atoms with van der Waals surface area (Å²) in [5.41, 5.74) is 5.62. The maximum Gasteiger partial charge on any atom is 0.255 e. The zero-order chi connectivity index (χ0) is 26.8. The van der Waals surface area contributed by atoms with Gasteiger partial charge in [0.1, 0.15) is 5.76 Å². The van der Waals surface area contributed by atoms with Gasteiger partial charge >= 0.3 is 0 Å². The van der Waals surface area contributed by atoms with Crippen molar-refractivity contribution in [3.63, 3.8) is 0 Å². The maximum absolute atomic E-state index is 13.8. The molecule has 0 fully saturated rings. The van der Waals surface area contributed by atoms with Gasteiger partial charge in [-0.3, -0.25) is 9.59 Å². The minimum absolute atomic E-state index is 0.127. The summed E-state index contributed by atoms with van der Waals surface area (Å²) in [6, 6.07) is 16.4. The van der Waals surface area contributed by atoms with E-state index < -0.39 is 6.04 Å². The molecule has 0 bridgehead atoms. The Morgan fingerprint density at radius 3 is 2.61 bits per heavy atom. The molecule has 2 amide bonds. The number of benzene rings is 2. The number of nitrogens with zero attached hydrogens (tertiary/aromatic N) is 2. The first-order chi connectivity index (χ1) is 18.3. The van der Waals surface area contributed by atoms with Crippen LogP contribution in [0.3, 0.4) is 0 Å². The van der Waals surface area contributed by atoms with Crippen molar-refractivity contribution in [2.75, 3.05) is 5.32 Å². The number of amides is 2. The van der Waals surface area contributed by atoms with Crippen LogP contribution in [0.2, 0.25) is 5.02 Å². The van der Waals surface area contributed by atoms with Gasteiger partial charge in [0, 0.05) is 16.4 Å². The zero-order valence-corrected chi connectivity index (χ0v) is 22.8. The first kappa shape index (κ1) is 25.9. The van der Waals surface area contributed by atoms with Gasteiger partial charge in [-0.15, -0.1) is 0 Å². The highest BCUT2D eigenvalue weighted by Crippen LogP contribution is 2.45. The van der Waals surface area contributed by atoms with E-state index in [0.717, 1.165) is 33.2 Å². The fourth-order valence-corrected chi connectivity index (χ4v) is 5.68. The lowest BCUT2D eigenvalue weighted by molar-refractivity contribution is -0.120. The number of amidine groups is 1. The number of aliphatic imine (C=N–C) groups is 1. The van der Waals surface area contributed by atoms with Gasteiger partial charge in [0.15, 0.2) is 5.17 Å². The summed E-state index contributed by atoms with van der Waals surface area (Å²) in [5, 5.41) is 9.23. The Kier molecular flexibility index (Phi) is 7.44. The molecule has 0 aliphatic carbocycles. The monoisotopic (exact) mass is 546 g/mol. The number of carbonyl (C=O) groups is 2. The van der Waals surface area contributed by atoms with E-state index in [0.29, 0.717) is 28.6 Å². The lowest BCUT2D eigenvalue weighted by atomic mass is 9.93. The summed E-state index contributed by atoms with van der Waals surface area (Å²) in [5.74, 6) is 0.281. The van der Waals surface area contributed by atoms with E-state index in [2.05, 4.69) is 10.6 Å². The molecular formula is C29H27ClN4O3S. The van der Waals surface area contributed by atoms with Crippen molar-refractivity contribution in [3.05, 3.63) is 111 Å². The molecule has 0 saturated carbocycles. The number of anilines is 1. The topological polar surface area (TPSA) is 86.9 Å². The van der Waals surface area contributed by atoms with Gasteiger partial charge in [0.2, 0.25) is 5.91 Å². The summed E-state index contributed by atoms with van der Waals surface area (Å²) in [4.78, 5) is 33.4. The van der Waals surface area contributed by atoms with Crippen molar-refractivity contribution in [3.8, 4) is 0 Å². The van der Waals surface area contributed by atoms with Crippen LogP contribution in [0.1, 0.15) is 41.8 Å². The molecule has 2 aromatic carbocycles. The second-order valence-electron chi connectivity index (χ2n) is 9.25. The molecule has 0 saturated heterocycles. The van der Waals surface area contributed by atoms with Gasteiger partial charge in [0.25, 0.3) is 5.91 Å². The van der Waals surface area contributed by atoms with Crippen molar-refractivity contribution in [2.45, 2.75) is 39.8 Å². The van der Waals surface area contributed by atoms with Gasteiger partial charge in [0.05, 0.1) is 36.5 Å².